The Hall–Kier alpha value is -2.28. The first-order valence-electron chi connectivity index (χ1n) is 10.5. The number of hydrogen-bond acceptors (Lipinski definition) is 3. The number of nitrogens with zero attached hydrogens (tertiary/aromatic N) is 1. The van der Waals surface area contributed by atoms with Gasteiger partial charge in [0.1, 0.15) is 11.8 Å². The minimum Gasteiger partial charge on any atom is -0.483 e. The van der Waals surface area contributed by atoms with Gasteiger partial charge in [-0.05, 0) is 71.2 Å². The van der Waals surface area contributed by atoms with Gasteiger partial charge in [0.05, 0.1) is 4.47 Å². The van der Waals surface area contributed by atoms with Crippen molar-refractivity contribution in [2.45, 2.75) is 39.4 Å². The monoisotopic (exact) mass is 550 g/mol. The summed E-state index contributed by atoms with van der Waals surface area (Å²) < 4.78 is 6.63. The predicted octanol–water partition coefficient (Wildman–Crippen LogP) is 6.23. The van der Waals surface area contributed by atoms with Crippen LogP contribution in [-0.4, -0.2) is 35.4 Å². The van der Waals surface area contributed by atoms with Gasteiger partial charge in [-0.15, -0.1) is 0 Å². The Morgan fingerprint density at radius 2 is 1.79 bits per heavy atom. The second kappa shape index (κ2) is 11.2. The normalized spacial score (nSPS) is 12.0. The maximum atomic E-state index is 13.2. The first-order chi connectivity index (χ1) is 15.7. The number of fused-ring (bicyclic) bond motifs is 1. The van der Waals surface area contributed by atoms with Crippen LogP contribution in [0.4, 0.5) is 0 Å². The van der Waals surface area contributed by atoms with Crippen molar-refractivity contribution in [3.8, 4) is 5.75 Å². The van der Waals surface area contributed by atoms with E-state index in [1.807, 2.05) is 50.2 Å². The lowest BCUT2D eigenvalue weighted by atomic mass is 10.1. The molecule has 174 valence electrons. The number of carbonyl (C=O) groups excluding carboxylic acids is 2. The molecule has 1 N–H and O–H groups in total. The van der Waals surface area contributed by atoms with Crippen molar-refractivity contribution in [2.24, 2.45) is 0 Å². The fourth-order valence-electron chi connectivity index (χ4n) is 3.37. The average molecular weight is 552 g/mol. The molecular weight excluding hydrogens is 527 g/mol. The number of benzene rings is 3. The summed E-state index contributed by atoms with van der Waals surface area (Å²) in [5.74, 6) is -0.0476. The van der Waals surface area contributed by atoms with Crippen LogP contribution >= 0.6 is 39.1 Å². The summed E-state index contributed by atoms with van der Waals surface area (Å²) in [7, 11) is 0. The number of carbonyl (C=O) groups is 2. The highest BCUT2D eigenvalue weighted by Gasteiger charge is 2.27. The zero-order chi connectivity index (χ0) is 24.1. The number of ether oxygens (including phenoxy) is 1. The molecule has 0 aromatic heterocycles. The third kappa shape index (κ3) is 6.40. The summed E-state index contributed by atoms with van der Waals surface area (Å²) >= 11 is 15.9. The fraction of sp³-hybridized carbons (Fsp3) is 0.280. The van der Waals surface area contributed by atoms with E-state index >= 15 is 0 Å². The average Bonchev–Trinajstić information content (AvgIpc) is 2.77. The van der Waals surface area contributed by atoms with Crippen LogP contribution in [0.1, 0.15) is 26.3 Å². The molecule has 3 rings (SSSR count). The van der Waals surface area contributed by atoms with Crippen LogP contribution < -0.4 is 10.1 Å². The molecule has 3 aromatic rings. The van der Waals surface area contributed by atoms with Gasteiger partial charge in [-0.2, -0.15) is 0 Å². The van der Waals surface area contributed by atoms with Gasteiger partial charge in [0, 0.05) is 22.6 Å². The largest absolute Gasteiger partial charge is 0.483 e. The molecule has 0 radical (unpaired) electrons. The fourth-order valence-corrected chi connectivity index (χ4v) is 4.44. The lowest BCUT2D eigenvalue weighted by Gasteiger charge is -2.29. The maximum Gasteiger partial charge on any atom is 0.261 e. The Labute approximate surface area is 212 Å². The molecule has 0 aliphatic carbocycles. The summed E-state index contributed by atoms with van der Waals surface area (Å²) in [5, 5.41) is 5.82. The molecule has 0 bridgehead atoms. The van der Waals surface area contributed by atoms with Crippen molar-refractivity contribution >= 4 is 61.7 Å². The van der Waals surface area contributed by atoms with Crippen LogP contribution in [0.5, 0.6) is 5.75 Å². The molecule has 3 aromatic carbocycles. The van der Waals surface area contributed by atoms with E-state index in [1.54, 1.807) is 25.1 Å². The topological polar surface area (TPSA) is 58.6 Å². The first-order valence-corrected chi connectivity index (χ1v) is 12.1. The van der Waals surface area contributed by atoms with E-state index in [1.165, 1.54) is 4.90 Å². The summed E-state index contributed by atoms with van der Waals surface area (Å²) in [6.07, 6.45) is 0. The molecule has 0 aliphatic heterocycles. The van der Waals surface area contributed by atoms with E-state index in [0.717, 1.165) is 15.2 Å². The molecule has 0 heterocycles. The van der Waals surface area contributed by atoms with Crippen LogP contribution in [0.15, 0.2) is 59.1 Å². The van der Waals surface area contributed by atoms with Gasteiger partial charge in [-0.25, -0.2) is 0 Å². The molecule has 1 unspecified atom stereocenters. The lowest BCUT2D eigenvalue weighted by Crippen LogP contribution is -2.50. The molecule has 0 fully saturated rings. The third-order valence-corrected chi connectivity index (χ3v) is 6.54. The van der Waals surface area contributed by atoms with Crippen molar-refractivity contribution in [3.05, 3.63) is 74.7 Å². The van der Waals surface area contributed by atoms with E-state index in [0.29, 0.717) is 21.4 Å². The van der Waals surface area contributed by atoms with Gasteiger partial charge < -0.3 is 15.0 Å². The molecule has 1 atom stereocenters. The van der Waals surface area contributed by atoms with Gasteiger partial charge in [-0.3, -0.25) is 9.59 Å². The molecule has 0 spiro atoms. The summed E-state index contributed by atoms with van der Waals surface area (Å²) in [6, 6.07) is 15.9. The summed E-state index contributed by atoms with van der Waals surface area (Å²) in [5.41, 5.74) is 0.686. The van der Waals surface area contributed by atoms with Crippen molar-refractivity contribution in [1.29, 1.82) is 0 Å². The van der Waals surface area contributed by atoms with E-state index in [9.17, 15) is 9.59 Å². The Morgan fingerprint density at radius 3 is 2.48 bits per heavy atom. The second-order valence-electron chi connectivity index (χ2n) is 7.98. The molecule has 5 nitrogen and oxygen atoms in total. The van der Waals surface area contributed by atoms with Crippen LogP contribution in [0, 0.1) is 0 Å². The van der Waals surface area contributed by atoms with E-state index < -0.39 is 6.04 Å². The van der Waals surface area contributed by atoms with Crippen LogP contribution in [0.3, 0.4) is 0 Å². The SMILES string of the molecule is CC(C)NC(=O)C(C)N(Cc1ccc(Cl)cc1Cl)C(=O)COc1ccc2ccccc2c1Br. The third-order valence-electron chi connectivity index (χ3n) is 5.13. The Morgan fingerprint density at radius 1 is 1.06 bits per heavy atom. The predicted molar refractivity (Wildman–Crippen MR) is 137 cm³/mol. The van der Waals surface area contributed by atoms with Crippen molar-refractivity contribution in [3.63, 3.8) is 0 Å². The van der Waals surface area contributed by atoms with Gasteiger partial charge in [-0.1, -0.05) is 59.6 Å². The quantitative estimate of drug-likeness (QED) is 0.361. The van der Waals surface area contributed by atoms with E-state index in [-0.39, 0.29) is 31.0 Å². The number of nitrogens with one attached hydrogen (secondary N) is 1. The lowest BCUT2D eigenvalue weighted by molar-refractivity contribution is -0.142. The maximum absolute atomic E-state index is 13.2. The standard InChI is InChI=1S/C25H25BrCl2N2O3/c1-15(2)29-25(32)16(3)30(13-18-8-10-19(27)12-21(18)28)23(31)14-33-22-11-9-17-6-4-5-7-20(17)24(22)26/h4-12,15-16H,13-14H2,1-3H3,(H,29,32). The Bertz CT molecular complexity index is 1170. The highest BCUT2D eigenvalue weighted by molar-refractivity contribution is 9.10. The van der Waals surface area contributed by atoms with Crippen molar-refractivity contribution in [1.82, 2.24) is 10.2 Å². The zero-order valence-electron chi connectivity index (χ0n) is 18.6. The molecule has 0 saturated carbocycles. The second-order valence-corrected chi connectivity index (χ2v) is 9.62. The Balaban J connectivity index is 1.82. The Kier molecular flexibility index (Phi) is 8.63. The first kappa shape index (κ1) is 25.3. The highest BCUT2D eigenvalue weighted by atomic mass is 79.9. The summed E-state index contributed by atoms with van der Waals surface area (Å²) in [6.45, 7) is 5.33. The van der Waals surface area contributed by atoms with Gasteiger partial charge in [0.2, 0.25) is 5.91 Å². The number of halogens is 3. The van der Waals surface area contributed by atoms with Gasteiger partial charge in [0.25, 0.3) is 5.91 Å². The molecule has 2 amide bonds. The minimum absolute atomic E-state index is 0.0548. The molecular formula is C25H25BrCl2N2O3. The van der Waals surface area contributed by atoms with E-state index in [2.05, 4.69) is 21.2 Å². The summed E-state index contributed by atoms with van der Waals surface area (Å²) in [4.78, 5) is 27.4. The molecule has 0 saturated heterocycles. The number of rotatable bonds is 8. The van der Waals surface area contributed by atoms with Crippen molar-refractivity contribution in [2.75, 3.05) is 6.61 Å². The van der Waals surface area contributed by atoms with Gasteiger partial charge in [0.15, 0.2) is 6.61 Å². The zero-order valence-corrected chi connectivity index (χ0v) is 21.7. The minimum atomic E-state index is -0.727. The van der Waals surface area contributed by atoms with Crippen LogP contribution in [-0.2, 0) is 16.1 Å². The smallest absolute Gasteiger partial charge is 0.261 e. The highest BCUT2D eigenvalue weighted by Crippen LogP contribution is 2.33. The number of amides is 2. The molecule has 0 aliphatic rings. The van der Waals surface area contributed by atoms with Crippen LogP contribution in [0.2, 0.25) is 10.0 Å². The molecule has 33 heavy (non-hydrogen) atoms. The van der Waals surface area contributed by atoms with Gasteiger partial charge >= 0.3 is 0 Å². The van der Waals surface area contributed by atoms with E-state index in [4.69, 9.17) is 27.9 Å². The number of hydrogen-bond donors (Lipinski definition) is 1. The van der Waals surface area contributed by atoms with Crippen LogP contribution in [0.25, 0.3) is 10.8 Å². The van der Waals surface area contributed by atoms with Crippen molar-refractivity contribution < 1.29 is 14.3 Å². The molecule has 8 heteroatoms.